The average Bonchev–Trinajstić information content (AvgIpc) is 2.77. The number of esters is 1. The molecule has 18 heavy (non-hydrogen) atoms. The van der Waals surface area contributed by atoms with E-state index in [0.717, 1.165) is 19.4 Å². The molecule has 1 aliphatic carbocycles. The van der Waals surface area contributed by atoms with Crippen LogP contribution in [0.3, 0.4) is 0 Å². The van der Waals surface area contributed by atoms with Crippen LogP contribution in [0.2, 0.25) is 0 Å². The standard InChI is InChI=1S/C14H25NO3/c1-3-17-13(16)11(2)15-12-6-9-18-14(10-12)7-4-5-8-14/h11-12,15H,3-10H2,1-2H3. The Morgan fingerprint density at radius 1 is 1.50 bits per heavy atom. The summed E-state index contributed by atoms with van der Waals surface area (Å²) in [6.45, 7) is 4.98. The largest absolute Gasteiger partial charge is 0.465 e. The van der Waals surface area contributed by atoms with Crippen LogP contribution in [-0.2, 0) is 14.3 Å². The molecule has 1 heterocycles. The molecule has 1 saturated heterocycles. The van der Waals surface area contributed by atoms with Crippen LogP contribution < -0.4 is 5.32 Å². The van der Waals surface area contributed by atoms with Gasteiger partial charge in [0, 0.05) is 12.6 Å². The third kappa shape index (κ3) is 3.23. The van der Waals surface area contributed by atoms with Crippen molar-refractivity contribution in [2.45, 2.75) is 70.1 Å². The van der Waals surface area contributed by atoms with Crippen LogP contribution in [0, 0.1) is 0 Å². The number of rotatable bonds is 4. The van der Waals surface area contributed by atoms with Gasteiger partial charge in [0.05, 0.1) is 12.2 Å². The molecular formula is C14H25NO3. The maximum Gasteiger partial charge on any atom is 0.322 e. The molecule has 104 valence electrons. The minimum Gasteiger partial charge on any atom is -0.465 e. The molecule has 2 fully saturated rings. The van der Waals surface area contributed by atoms with Crippen LogP contribution in [0.4, 0.5) is 0 Å². The molecule has 0 aromatic heterocycles. The molecule has 4 nitrogen and oxygen atoms in total. The predicted octanol–water partition coefficient (Wildman–Crippen LogP) is 2.02. The van der Waals surface area contributed by atoms with Gasteiger partial charge in [-0.15, -0.1) is 0 Å². The Kier molecular flexibility index (Phi) is 4.62. The zero-order valence-corrected chi connectivity index (χ0v) is 11.5. The van der Waals surface area contributed by atoms with Gasteiger partial charge in [0.25, 0.3) is 0 Å². The Bertz CT molecular complexity index is 287. The van der Waals surface area contributed by atoms with Crippen molar-refractivity contribution in [1.29, 1.82) is 0 Å². The lowest BCUT2D eigenvalue weighted by molar-refractivity contribution is -0.146. The van der Waals surface area contributed by atoms with Gasteiger partial charge in [-0.3, -0.25) is 4.79 Å². The van der Waals surface area contributed by atoms with Crippen molar-refractivity contribution < 1.29 is 14.3 Å². The van der Waals surface area contributed by atoms with Gasteiger partial charge in [0.1, 0.15) is 6.04 Å². The van der Waals surface area contributed by atoms with E-state index in [-0.39, 0.29) is 17.6 Å². The maximum atomic E-state index is 11.6. The zero-order chi connectivity index (χ0) is 13.0. The monoisotopic (exact) mass is 255 g/mol. The van der Waals surface area contributed by atoms with Crippen molar-refractivity contribution >= 4 is 5.97 Å². The van der Waals surface area contributed by atoms with Gasteiger partial charge in [0.2, 0.25) is 0 Å². The van der Waals surface area contributed by atoms with Crippen LogP contribution in [0.5, 0.6) is 0 Å². The fourth-order valence-electron chi connectivity index (χ4n) is 3.23. The van der Waals surface area contributed by atoms with Crippen LogP contribution >= 0.6 is 0 Å². The summed E-state index contributed by atoms with van der Waals surface area (Å²) in [5, 5.41) is 3.40. The number of hydrogen-bond acceptors (Lipinski definition) is 4. The summed E-state index contributed by atoms with van der Waals surface area (Å²) >= 11 is 0. The summed E-state index contributed by atoms with van der Waals surface area (Å²) < 4.78 is 11.0. The topological polar surface area (TPSA) is 47.6 Å². The Hall–Kier alpha value is -0.610. The Morgan fingerprint density at radius 2 is 2.22 bits per heavy atom. The SMILES string of the molecule is CCOC(=O)C(C)NC1CCOC2(CCCC2)C1. The smallest absolute Gasteiger partial charge is 0.322 e. The molecule has 1 N–H and O–H groups in total. The van der Waals surface area contributed by atoms with E-state index in [1.165, 1.54) is 25.7 Å². The second-order valence-corrected chi connectivity index (χ2v) is 5.57. The van der Waals surface area contributed by atoms with Gasteiger partial charge >= 0.3 is 5.97 Å². The molecule has 0 radical (unpaired) electrons. The van der Waals surface area contributed by atoms with E-state index >= 15 is 0 Å². The normalized spacial score (nSPS) is 28.2. The predicted molar refractivity (Wildman–Crippen MR) is 69.4 cm³/mol. The van der Waals surface area contributed by atoms with Crippen LogP contribution in [0.15, 0.2) is 0 Å². The van der Waals surface area contributed by atoms with Gasteiger partial charge in [0.15, 0.2) is 0 Å². The first-order valence-corrected chi connectivity index (χ1v) is 7.22. The van der Waals surface area contributed by atoms with E-state index in [1.807, 2.05) is 13.8 Å². The minimum absolute atomic E-state index is 0.101. The summed E-state index contributed by atoms with van der Waals surface area (Å²) in [4.78, 5) is 11.6. The van der Waals surface area contributed by atoms with Crippen molar-refractivity contribution in [2.24, 2.45) is 0 Å². The molecule has 2 rings (SSSR count). The number of nitrogens with one attached hydrogen (secondary N) is 1. The van der Waals surface area contributed by atoms with Gasteiger partial charge < -0.3 is 14.8 Å². The Labute approximate surface area is 109 Å². The molecule has 1 spiro atoms. The molecule has 0 aromatic carbocycles. The second kappa shape index (κ2) is 6.02. The van der Waals surface area contributed by atoms with Crippen LogP contribution in [-0.4, -0.2) is 36.9 Å². The molecule has 0 aromatic rings. The van der Waals surface area contributed by atoms with E-state index in [0.29, 0.717) is 12.6 Å². The molecule has 1 aliphatic heterocycles. The number of hydrogen-bond donors (Lipinski definition) is 1. The van der Waals surface area contributed by atoms with Crippen LogP contribution in [0.1, 0.15) is 52.4 Å². The van der Waals surface area contributed by atoms with Crippen molar-refractivity contribution in [3.8, 4) is 0 Å². The van der Waals surface area contributed by atoms with Gasteiger partial charge in [-0.2, -0.15) is 0 Å². The molecule has 1 saturated carbocycles. The number of carbonyl (C=O) groups is 1. The lowest BCUT2D eigenvalue weighted by Gasteiger charge is -2.39. The summed E-state index contributed by atoms with van der Waals surface area (Å²) in [5.41, 5.74) is 0.101. The summed E-state index contributed by atoms with van der Waals surface area (Å²) in [5.74, 6) is -0.149. The molecule has 0 amide bonds. The lowest BCUT2D eigenvalue weighted by Crippen LogP contribution is -2.50. The molecule has 2 aliphatic rings. The Morgan fingerprint density at radius 3 is 2.89 bits per heavy atom. The summed E-state index contributed by atoms with van der Waals surface area (Å²) in [6.07, 6.45) is 6.94. The van der Waals surface area contributed by atoms with Gasteiger partial charge in [-0.05, 0) is 39.5 Å². The Balaban J connectivity index is 1.84. The highest BCUT2D eigenvalue weighted by molar-refractivity contribution is 5.75. The average molecular weight is 255 g/mol. The van der Waals surface area contributed by atoms with E-state index in [1.54, 1.807) is 0 Å². The maximum absolute atomic E-state index is 11.6. The van der Waals surface area contributed by atoms with Gasteiger partial charge in [-0.1, -0.05) is 12.8 Å². The lowest BCUT2D eigenvalue weighted by atomic mass is 9.88. The first-order chi connectivity index (χ1) is 8.65. The highest BCUT2D eigenvalue weighted by Gasteiger charge is 2.40. The third-order valence-electron chi connectivity index (χ3n) is 4.13. The second-order valence-electron chi connectivity index (χ2n) is 5.57. The minimum atomic E-state index is -0.216. The summed E-state index contributed by atoms with van der Waals surface area (Å²) in [7, 11) is 0. The van der Waals surface area contributed by atoms with Crippen molar-refractivity contribution in [3.63, 3.8) is 0 Å². The van der Waals surface area contributed by atoms with Gasteiger partial charge in [-0.25, -0.2) is 0 Å². The quantitative estimate of drug-likeness (QED) is 0.781. The van der Waals surface area contributed by atoms with E-state index in [2.05, 4.69) is 5.32 Å². The highest BCUT2D eigenvalue weighted by atomic mass is 16.5. The van der Waals surface area contributed by atoms with Crippen LogP contribution in [0.25, 0.3) is 0 Å². The number of carbonyl (C=O) groups excluding carboxylic acids is 1. The third-order valence-corrected chi connectivity index (χ3v) is 4.13. The molecular weight excluding hydrogens is 230 g/mol. The molecule has 4 heteroatoms. The number of ether oxygens (including phenoxy) is 2. The molecule has 0 bridgehead atoms. The fourth-order valence-corrected chi connectivity index (χ4v) is 3.23. The summed E-state index contributed by atoms with van der Waals surface area (Å²) in [6, 6.07) is 0.169. The van der Waals surface area contributed by atoms with Crippen molar-refractivity contribution in [2.75, 3.05) is 13.2 Å². The molecule has 2 atom stereocenters. The van der Waals surface area contributed by atoms with E-state index < -0.39 is 0 Å². The highest BCUT2D eigenvalue weighted by Crippen LogP contribution is 2.40. The van der Waals surface area contributed by atoms with E-state index in [9.17, 15) is 4.79 Å². The zero-order valence-electron chi connectivity index (χ0n) is 11.5. The van der Waals surface area contributed by atoms with Crippen molar-refractivity contribution in [1.82, 2.24) is 5.32 Å². The molecule has 2 unspecified atom stereocenters. The van der Waals surface area contributed by atoms with Crippen molar-refractivity contribution in [3.05, 3.63) is 0 Å². The fraction of sp³-hybridized carbons (Fsp3) is 0.929. The van der Waals surface area contributed by atoms with E-state index in [4.69, 9.17) is 9.47 Å². The first-order valence-electron chi connectivity index (χ1n) is 7.22. The first kappa shape index (κ1) is 13.8.